The Kier molecular flexibility index (Phi) is 11.8. The third-order valence-electron chi connectivity index (χ3n) is 8.59. The van der Waals surface area contributed by atoms with Crippen LogP contribution in [0.4, 0.5) is 4.79 Å². The van der Waals surface area contributed by atoms with E-state index < -0.39 is 34.4 Å². The third kappa shape index (κ3) is 8.73. The van der Waals surface area contributed by atoms with Gasteiger partial charge in [-0.1, -0.05) is 44.2 Å². The molecular weight excluding hydrogens is 638 g/mol. The smallest absolute Gasteiger partial charge is 0.407 e. The van der Waals surface area contributed by atoms with Crippen molar-refractivity contribution in [3.8, 4) is 5.88 Å². The van der Waals surface area contributed by atoms with Gasteiger partial charge < -0.3 is 39.6 Å². The molecule has 3 heterocycles. The number of fused-ring (bicyclic) bond motifs is 2. The number of aliphatic hydroxyl groups excluding tert-OH is 1. The van der Waals surface area contributed by atoms with Crippen molar-refractivity contribution in [3.63, 3.8) is 0 Å². The second-order valence-corrected chi connectivity index (χ2v) is 15.1. The number of H-pyrrole nitrogens is 1. The number of aromatic amines is 1. The Morgan fingerprint density at radius 3 is 2.67 bits per heavy atom. The van der Waals surface area contributed by atoms with E-state index in [0.717, 1.165) is 12.0 Å². The predicted octanol–water partition coefficient (Wildman–Crippen LogP) is 2.96. The zero-order chi connectivity index (χ0) is 34.4. The lowest BCUT2D eigenvalue weighted by atomic mass is 10.0. The number of amides is 1. The minimum absolute atomic E-state index is 0.00587. The zero-order valence-corrected chi connectivity index (χ0v) is 28.7. The largest absolute Gasteiger partial charge is 0.494 e. The number of hydrogen-bond acceptors (Lipinski definition) is 10. The molecule has 2 saturated heterocycles. The molecule has 2 fully saturated rings. The molecule has 5 rings (SSSR count). The number of nitrogens with one attached hydrogen (secondary N) is 2. The summed E-state index contributed by atoms with van der Waals surface area (Å²) in [7, 11) is -0.263. The van der Waals surface area contributed by atoms with Crippen molar-refractivity contribution >= 4 is 33.2 Å². The summed E-state index contributed by atoms with van der Waals surface area (Å²) in [6.07, 6.45) is -0.353. The van der Waals surface area contributed by atoms with E-state index in [1.165, 1.54) is 16.4 Å². The number of ether oxygens (including phenoxy) is 3. The molecule has 14 heteroatoms. The molecule has 2 aromatic carbocycles. The van der Waals surface area contributed by atoms with E-state index >= 15 is 0 Å². The number of likely N-dealkylation sites (N-methyl/N-ethyl adjacent to an activating group) is 1. The first-order valence-corrected chi connectivity index (χ1v) is 17.8. The van der Waals surface area contributed by atoms with Gasteiger partial charge in [-0.05, 0) is 56.6 Å². The van der Waals surface area contributed by atoms with Gasteiger partial charge in [-0.25, -0.2) is 13.2 Å². The third-order valence-corrected chi connectivity index (χ3v) is 10.4. The number of aromatic nitrogens is 1. The average Bonchev–Trinajstić information content (AvgIpc) is 3.74. The number of hydrogen-bond donors (Lipinski definition) is 4. The molecule has 5 atom stereocenters. The highest BCUT2D eigenvalue weighted by Gasteiger charge is 2.44. The van der Waals surface area contributed by atoms with Crippen LogP contribution in [-0.2, 0) is 30.7 Å². The minimum Gasteiger partial charge on any atom is -0.494 e. The van der Waals surface area contributed by atoms with Gasteiger partial charge in [-0.15, -0.1) is 0 Å². The van der Waals surface area contributed by atoms with Crippen LogP contribution in [0.2, 0.25) is 0 Å². The molecule has 0 spiro atoms. The van der Waals surface area contributed by atoms with E-state index in [0.29, 0.717) is 36.2 Å². The first-order valence-electron chi connectivity index (χ1n) is 16.3. The lowest BCUT2D eigenvalue weighted by molar-refractivity contribution is -0.0907. The van der Waals surface area contributed by atoms with Gasteiger partial charge in [0.2, 0.25) is 10.0 Å². The molecule has 0 aliphatic carbocycles. The van der Waals surface area contributed by atoms with Crippen LogP contribution in [0.3, 0.4) is 0 Å². The standard InChI is InChI=1S/C34H47N5O8S/c1-22(2)19-39(48(43,44)24-10-11-28-26(17-24)27(32(41)36-28)18-35-13-14-38(3)4)20-30(40)29(16-23-8-6-5-7-9-23)37-34(42)47-31-21-46-33-25(31)12-15-45-33/h5-11,17-18,22,25,29-31,33,36,40-41H,12-16,19-21H2,1-4H3,(H,37,42). The van der Waals surface area contributed by atoms with Crippen LogP contribution in [0.15, 0.2) is 58.4 Å². The van der Waals surface area contributed by atoms with Crippen LogP contribution in [0.25, 0.3) is 10.9 Å². The molecule has 1 aromatic heterocycles. The highest BCUT2D eigenvalue weighted by atomic mass is 32.2. The average molecular weight is 686 g/mol. The number of benzene rings is 2. The topological polar surface area (TPSA) is 166 Å². The Hall–Kier alpha value is -3.53. The molecule has 3 aromatic rings. The van der Waals surface area contributed by atoms with Gasteiger partial charge in [0, 0.05) is 36.8 Å². The number of aliphatic hydroxyl groups is 1. The molecule has 48 heavy (non-hydrogen) atoms. The summed E-state index contributed by atoms with van der Waals surface area (Å²) in [6, 6.07) is 13.1. The number of rotatable bonds is 15. The van der Waals surface area contributed by atoms with E-state index in [1.807, 2.05) is 63.2 Å². The summed E-state index contributed by atoms with van der Waals surface area (Å²) >= 11 is 0. The molecular formula is C34H47N5O8S. The predicted molar refractivity (Wildman–Crippen MR) is 182 cm³/mol. The fourth-order valence-corrected chi connectivity index (χ4v) is 7.72. The first-order chi connectivity index (χ1) is 22.9. The van der Waals surface area contributed by atoms with Crippen molar-refractivity contribution in [1.29, 1.82) is 0 Å². The molecule has 5 unspecified atom stereocenters. The first kappa shape index (κ1) is 35.8. The molecule has 2 aliphatic heterocycles. The fourth-order valence-electron chi connectivity index (χ4n) is 6.07. The summed E-state index contributed by atoms with van der Waals surface area (Å²) in [6.45, 7) is 5.62. The van der Waals surface area contributed by atoms with Crippen molar-refractivity contribution < 1.29 is 37.6 Å². The number of carbonyl (C=O) groups excluding carboxylic acids is 1. The van der Waals surface area contributed by atoms with Crippen molar-refractivity contribution in [2.45, 2.75) is 56.1 Å². The van der Waals surface area contributed by atoms with Gasteiger partial charge in [-0.2, -0.15) is 4.31 Å². The van der Waals surface area contributed by atoms with Gasteiger partial charge in [-0.3, -0.25) is 4.99 Å². The summed E-state index contributed by atoms with van der Waals surface area (Å²) in [5, 5.41) is 25.5. The van der Waals surface area contributed by atoms with Crippen LogP contribution in [0, 0.1) is 11.8 Å². The molecule has 13 nitrogen and oxygen atoms in total. The van der Waals surface area contributed by atoms with Crippen molar-refractivity contribution in [1.82, 2.24) is 19.5 Å². The van der Waals surface area contributed by atoms with Gasteiger partial charge in [0.15, 0.2) is 12.2 Å². The monoisotopic (exact) mass is 685 g/mol. The molecule has 0 saturated carbocycles. The van der Waals surface area contributed by atoms with E-state index in [9.17, 15) is 23.4 Å². The quantitative estimate of drug-likeness (QED) is 0.176. The Balaban J connectivity index is 1.37. The number of aliphatic imine (C=N–C) groups is 1. The summed E-state index contributed by atoms with van der Waals surface area (Å²) in [5.41, 5.74) is 1.81. The van der Waals surface area contributed by atoms with Crippen LogP contribution >= 0.6 is 0 Å². The SMILES string of the molecule is CC(C)CN(CC(O)C(Cc1ccccc1)NC(=O)OC1COC2OCCC12)S(=O)(=O)c1ccc2[nH]c(O)c(C=NCCN(C)C)c2c1. The van der Waals surface area contributed by atoms with Crippen LogP contribution < -0.4 is 5.32 Å². The van der Waals surface area contributed by atoms with Crippen LogP contribution in [0.1, 0.15) is 31.4 Å². The van der Waals surface area contributed by atoms with Crippen molar-refractivity contribution in [3.05, 3.63) is 59.7 Å². The summed E-state index contributed by atoms with van der Waals surface area (Å²) < 4.78 is 46.5. The molecule has 4 N–H and O–H groups in total. The highest BCUT2D eigenvalue weighted by Crippen LogP contribution is 2.33. The molecule has 262 valence electrons. The van der Waals surface area contributed by atoms with Gasteiger partial charge in [0.1, 0.15) is 6.10 Å². The summed E-state index contributed by atoms with van der Waals surface area (Å²) in [5.74, 6) is -0.227. The Bertz CT molecular complexity index is 1660. The number of nitrogens with zero attached hydrogens (tertiary/aromatic N) is 3. The molecule has 0 bridgehead atoms. The summed E-state index contributed by atoms with van der Waals surface area (Å²) in [4.78, 5) is 22.4. The van der Waals surface area contributed by atoms with Crippen LogP contribution in [-0.4, -0.2) is 123 Å². The van der Waals surface area contributed by atoms with Crippen LogP contribution in [0.5, 0.6) is 5.88 Å². The fraction of sp³-hybridized carbons (Fsp3) is 0.529. The van der Waals surface area contributed by atoms with E-state index in [2.05, 4.69) is 15.3 Å². The van der Waals surface area contributed by atoms with Gasteiger partial charge >= 0.3 is 6.09 Å². The second-order valence-electron chi connectivity index (χ2n) is 13.1. The normalized spacial score (nSPS) is 21.0. The van der Waals surface area contributed by atoms with Gasteiger partial charge in [0.05, 0.1) is 48.3 Å². The molecule has 2 aliphatic rings. The van der Waals surface area contributed by atoms with Crippen molar-refractivity contribution in [2.24, 2.45) is 16.8 Å². The minimum atomic E-state index is -4.14. The number of sulfonamides is 1. The molecule has 0 radical (unpaired) electrons. The number of aromatic hydroxyl groups is 1. The number of alkyl carbamates (subject to hydrolysis) is 1. The Morgan fingerprint density at radius 1 is 1.17 bits per heavy atom. The van der Waals surface area contributed by atoms with E-state index in [1.54, 1.807) is 12.3 Å². The zero-order valence-electron chi connectivity index (χ0n) is 27.9. The lowest BCUT2D eigenvalue weighted by Gasteiger charge is -2.31. The Labute approximate surface area is 281 Å². The highest BCUT2D eigenvalue weighted by molar-refractivity contribution is 7.89. The second kappa shape index (κ2) is 15.8. The molecule has 1 amide bonds. The number of carbonyl (C=O) groups is 1. The maximum atomic E-state index is 14.2. The van der Waals surface area contributed by atoms with Crippen molar-refractivity contribution in [2.75, 3.05) is 53.5 Å². The van der Waals surface area contributed by atoms with E-state index in [-0.39, 0.29) is 55.0 Å². The van der Waals surface area contributed by atoms with E-state index in [4.69, 9.17) is 14.2 Å². The maximum absolute atomic E-state index is 14.2. The Morgan fingerprint density at radius 2 is 1.94 bits per heavy atom. The lowest BCUT2D eigenvalue weighted by Crippen LogP contribution is -2.51. The van der Waals surface area contributed by atoms with Gasteiger partial charge in [0.25, 0.3) is 0 Å². The maximum Gasteiger partial charge on any atom is 0.407 e.